The van der Waals surface area contributed by atoms with Crippen molar-refractivity contribution in [2.75, 3.05) is 31.1 Å². The summed E-state index contributed by atoms with van der Waals surface area (Å²) in [5.74, 6) is 1.67. The third kappa shape index (κ3) is 3.42. The Hall–Kier alpha value is -1.58. The van der Waals surface area contributed by atoms with E-state index in [0.717, 1.165) is 44.0 Å². The van der Waals surface area contributed by atoms with Crippen molar-refractivity contribution in [3.63, 3.8) is 0 Å². The summed E-state index contributed by atoms with van der Waals surface area (Å²) in [6.45, 7) is 6.05. The van der Waals surface area contributed by atoms with Gasteiger partial charge in [0.05, 0.1) is 5.56 Å². The van der Waals surface area contributed by atoms with Crippen molar-refractivity contribution in [1.29, 1.82) is 0 Å². The van der Waals surface area contributed by atoms with Crippen molar-refractivity contribution < 1.29 is 4.79 Å². The summed E-state index contributed by atoms with van der Waals surface area (Å²) in [6.07, 6.45) is 9.14. The van der Waals surface area contributed by atoms with E-state index in [1.54, 1.807) is 0 Å². The lowest BCUT2D eigenvalue weighted by Crippen LogP contribution is -2.40. The van der Waals surface area contributed by atoms with E-state index in [0.29, 0.717) is 5.92 Å². The predicted molar refractivity (Wildman–Crippen MR) is 89.2 cm³/mol. The Balaban J connectivity index is 1.82. The van der Waals surface area contributed by atoms with Crippen LogP contribution in [0.5, 0.6) is 0 Å². The van der Waals surface area contributed by atoms with Crippen LogP contribution in [0.15, 0.2) is 18.3 Å². The van der Waals surface area contributed by atoms with E-state index in [4.69, 9.17) is 0 Å². The summed E-state index contributed by atoms with van der Waals surface area (Å²) in [6, 6.07) is 3.84. The highest BCUT2D eigenvalue weighted by Crippen LogP contribution is 2.24. The summed E-state index contributed by atoms with van der Waals surface area (Å²) in [7, 11) is 0. The van der Waals surface area contributed by atoms with Gasteiger partial charge in [-0.05, 0) is 43.7 Å². The molecule has 4 heteroatoms. The quantitative estimate of drug-likeness (QED) is 0.840. The van der Waals surface area contributed by atoms with Crippen molar-refractivity contribution >= 4 is 11.7 Å². The zero-order valence-electron chi connectivity index (χ0n) is 13.6. The summed E-state index contributed by atoms with van der Waals surface area (Å²) >= 11 is 0. The summed E-state index contributed by atoms with van der Waals surface area (Å²) in [5.41, 5.74) is 0.790. The minimum Gasteiger partial charge on any atom is -0.356 e. The molecule has 0 saturated carbocycles. The van der Waals surface area contributed by atoms with E-state index in [2.05, 4.69) is 16.8 Å². The number of piperidine rings is 1. The third-order valence-electron chi connectivity index (χ3n) is 4.87. The third-order valence-corrected chi connectivity index (χ3v) is 4.87. The molecule has 4 nitrogen and oxygen atoms in total. The van der Waals surface area contributed by atoms with E-state index < -0.39 is 0 Å². The Kier molecular flexibility index (Phi) is 4.96. The van der Waals surface area contributed by atoms with Gasteiger partial charge in [0.25, 0.3) is 5.91 Å². The van der Waals surface area contributed by atoms with Crippen LogP contribution >= 0.6 is 0 Å². The van der Waals surface area contributed by atoms with Gasteiger partial charge in [-0.1, -0.05) is 19.8 Å². The molecule has 0 aliphatic carbocycles. The second kappa shape index (κ2) is 7.12. The molecule has 2 aliphatic rings. The second-order valence-electron chi connectivity index (χ2n) is 6.77. The highest BCUT2D eigenvalue weighted by atomic mass is 16.2. The SMILES string of the molecule is CC1CCCN(C(=O)c2cccnc2N2CCCCCC2)C1. The highest BCUT2D eigenvalue weighted by Gasteiger charge is 2.26. The predicted octanol–water partition coefficient (Wildman–Crippen LogP) is 3.33. The number of hydrogen-bond donors (Lipinski definition) is 0. The molecule has 2 saturated heterocycles. The number of pyridine rings is 1. The molecule has 0 N–H and O–H groups in total. The standard InChI is InChI=1S/C18H27N3O/c1-15-8-7-13-21(14-15)18(22)16-9-6-10-19-17(16)20-11-4-2-3-5-12-20/h6,9-10,15H,2-5,7-8,11-14H2,1H3. The zero-order valence-corrected chi connectivity index (χ0v) is 13.6. The molecule has 0 bridgehead atoms. The van der Waals surface area contributed by atoms with Crippen LogP contribution in [0.3, 0.4) is 0 Å². The minimum absolute atomic E-state index is 0.166. The maximum Gasteiger partial charge on any atom is 0.257 e. The molecule has 1 aromatic heterocycles. The van der Waals surface area contributed by atoms with Crippen LogP contribution in [0.4, 0.5) is 5.82 Å². The first-order valence-electron chi connectivity index (χ1n) is 8.75. The molecule has 22 heavy (non-hydrogen) atoms. The Bertz CT molecular complexity index is 509. The van der Waals surface area contributed by atoms with Crippen LogP contribution < -0.4 is 4.90 Å². The summed E-state index contributed by atoms with van der Waals surface area (Å²) in [4.78, 5) is 21.8. The molecular weight excluding hydrogens is 274 g/mol. The summed E-state index contributed by atoms with van der Waals surface area (Å²) < 4.78 is 0. The number of carbonyl (C=O) groups excluding carboxylic acids is 1. The number of carbonyl (C=O) groups is 1. The lowest BCUT2D eigenvalue weighted by molar-refractivity contribution is 0.0683. The second-order valence-corrected chi connectivity index (χ2v) is 6.77. The average molecular weight is 301 g/mol. The highest BCUT2D eigenvalue weighted by molar-refractivity contribution is 5.99. The number of hydrogen-bond acceptors (Lipinski definition) is 3. The van der Waals surface area contributed by atoms with E-state index in [1.807, 2.05) is 23.2 Å². The number of rotatable bonds is 2. The Morgan fingerprint density at radius 3 is 2.64 bits per heavy atom. The minimum atomic E-state index is 0.166. The van der Waals surface area contributed by atoms with Gasteiger partial charge in [0.2, 0.25) is 0 Å². The Labute approximate surface area is 133 Å². The number of likely N-dealkylation sites (tertiary alicyclic amines) is 1. The lowest BCUT2D eigenvalue weighted by atomic mass is 9.99. The van der Waals surface area contributed by atoms with E-state index in [1.165, 1.54) is 32.1 Å². The molecule has 1 unspecified atom stereocenters. The van der Waals surface area contributed by atoms with E-state index >= 15 is 0 Å². The van der Waals surface area contributed by atoms with Crippen LogP contribution in [0, 0.1) is 5.92 Å². The van der Waals surface area contributed by atoms with E-state index in [9.17, 15) is 4.79 Å². The number of aromatic nitrogens is 1. The lowest BCUT2D eigenvalue weighted by Gasteiger charge is -2.32. The van der Waals surface area contributed by atoms with Crippen LogP contribution in [-0.2, 0) is 0 Å². The van der Waals surface area contributed by atoms with Crippen molar-refractivity contribution in [3.8, 4) is 0 Å². The topological polar surface area (TPSA) is 36.4 Å². The van der Waals surface area contributed by atoms with Crippen LogP contribution in [0.1, 0.15) is 55.8 Å². The first kappa shape index (κ1) is 15.3. The molecule has 1 amide bonds. The fraction of sp³-hybridized carbons (Fsp3) is 0.667. The van der Waals surface area contributed by atoms with Crippen molar-refractivity contribution in [2.24, 2.45) is 5.92 Å². The molecule has 1 atom stereocenters. The van der Waals surface area contributed by atoms with Crippen LogP contribution in [0.25, 0.3) is 0 Å². The van der Waals surface area contributed by atoms with Gasteiger partial charge >= 0.3 is 0 Å². The van der Waals surface area contributed by atoms with Crippen LogP contribution in [0.2, 0.25) is 0 Å². The maximum absolute atomic E-state index is 13.0. The van der Waals surface area contributed by atoms with Gasteiger partial charge in [-0.15, -0.1) is 0 Å². The number of anilines is 1. The molecule has 1 aromatic rings. The first-order valence-corrected chi connectivity index (χ1v) is 8.75. The number of amides is 1. The maximum atomic E-state index is 13.0. The molecule has 0 radical (unpaired) electrons. The zero-order chi connectivity index (χ0) is 15.4. The molecule has 3 heterocycles. The largest absolute Gasteiger partial charge is 0.356 e. The summed E-state index contributed by atoms with van der Waals surface area (Å²) in [5, 5.41) is 0. The fourth-order valence-corrected chi connectivity index (χ4v) is 3.64. The normalized spacial score (nSPS) is 23.2. The number of nitrogens with zero attached hydrogens (tertiary/aromatic N) is 3. The smallest absolute Gasteiger partial charge is 0.257 e. The van der Waals surface area contributed by atoms with E-state index in [-0.39, 0.29) is 5.91 Å². The molecule has 120 valence electrons. The van der Waals surface area contributed by atoms with Crippen molar-refractivity contribution in [2.45, 2.75) is 45.4 Å². The Morgan fingerprint density at radius 1 is 1.14 bits per heavy atom. The fourth-order valence-electron chi connectivity index (χ4n) is 3.64. The van der Waals surface area contributed by atoms with Crippen LogP contribution in [-0.4, -0.2) is 42.0 Å². The monoisotopic (exact) mass is 301 g/mol. The van der Waals surface area contributed by atoms with Crippen molar-refractivity contribution in [3.05, 3.63) is 23.9 Å². The van der Waals surface area contributed by atoms with Gasteiger partial charge in [0, 0.05) is 32.4 Å². The van der Waals surface area contributed by atoms with Gasteiger partial charge < -0.3 is 9.80 Å². The van der Waals surface area contributed by atoms with Gasteiger partial charge in [-0.3, -0.25) is 4.79 Å². The van der Waals surface area contributed by atoms with Crippen molar-refractivity contribution in [1.82, 2.24) is 9.88 Å². The van der Waals surface area contributed by atoms with Gasteiger partial charge in [-0.25, -0.2) is 4.98 Å². The molecule has 2 fully saturated rings. The van der Waals surface area contributed by atoms with Gasteiger partial charge in [-0.2, -0.15) is 0 Å². The Morgan fingerprint density at radius 2 is 1.91 bits per heavy atom. The van der Waals surface area contributed by atoms with Gasteiger partial charge in [0.15, 0.2) is 0 Å². The molecule has 2 aliphatic heterocycles. The molecular formula is C18H27N3O. The molecule has 0 aromatic carbocycles. The molecule has 3 rings (SSSR count). The molecule has 0 spiro atoms. The van der Waals surface area contributed by atoms with Gasteiger partial charge in [0.1, 0.15) is 5.82 Å². The first-order chi connectivity index (χ1) is 10.8. The average Bonchev–Trinajstić information content (AvgIpc) is 2.83.